The van der Waals surface area contributed by atoms with Gasteiger partial charge in [0.05, 0.1) is 22.8 Å². The lowest BCUT2D eigenvalue weighted by Gasteiger charge is -2.04. The van der Waals surface area contributed by atoms with Gasteiger partial charge in [0.15, 0.2) is 0 Å². The summed E-state index contributed by atoms with van der Waals surface area (Å²) in [5.41, 5.74) is 8.71. The van der Waals surface area contributed by atoms with Crippen molar-refractivity contribution in [1.82, 2.24) is 39.9 Å². The summed E-state index contributed by atoms with van der Waals surface area (Å²) in [6.45, 7) is 12.5. The first kappa shape index (κ1) is 26.9. The standard InChI is InChI=1S/C29H44N8/c1-7-8-9-10-11-12-13-14-29-31-19(3)24(37-29)16-26-28(36-22(6)34-26)17-27-25(33-21(5)35-27)15-23-18(2)30-20(4)32-23/h7-17H2,1-6H3,(H,30,32)(H,31,37)(H,33,35)(H,34,36). The van der Waals surface area contributed by atoms with Crippen molar-refractivity contribution in [2.24, 2.45) is 0 Å². The van der Waals surface area contributed by atoms with Gasteiger partial charge in [0.2, 0.25) is 0 Å². The minimum Gasteiger partial charge on any atom is -0.346 e. The van der Waals surface area contributed by atoms with Crippen LogP contribution < -0.4 is 0 Å². The molecular weight excluding hydrogens is 460 g/mol. The van der Waals surface area contributed by atoms with E-state index in [9.17, 15) is 0 Å². The predicted molar refractivity (Wildman–Crippen MR) is 148 cm³/mol. The Kier molecular flexibility index (Phi) is 9.00. The van der Waals surface area contributed by atoms with Gasteiger partial charge in [-0.05, 0) is 41.0 Å². The molecule has 0 bridgehead atoms. The van der Waals surface area contributed by atoms with Gasteiger partial charge in [-0.15, -0.1) is 0 Å². The number of hydrogen-bond donors (Lipinski definition) is 4. The van der Waals surface area contributed by atoms with Crippen molar-refractivity contribution < 1.29 is 0 Å². The van der Waals surface area contributed by atoms with Crippen molar-refractivity contribution >= 4 is 0 Å². The molecule has 4 aromatic heterocycles. The third-order valence-corrected chi connectivity index (χ3v) is 7.14. The van der Waals surface area contributed by atoms with Crippen molar-refractivity contribution in [3.8, 4) is 0 Å². The van der Waals surface area contributed by atoms with E-state index in [4.69, 9.17) is 15.0 Å². The normalized spacial score (nSPS) is 11.6. The highest BCUT2D eigenvalue weighted by molar-refractivity contribution is 5.31. The summed E-state index contributed by atoms with van der Waals surface area (Å²) < 4.78 is 0. The Labute approximate surface area is 221 Å². The zero-order valence-electron chi connectivity index (χ0n) is 23.6. The van der Waals surface area contributed by atoms with Gasteiger partial charge in [0.25, 0.3) is 0 Å². The van der Waals surface area contributed by atoms with Crippen molar-refractivity contribution in [2.75, 3.05) is 0 Å². The molecule has 200 valence electrons. The highest BCUT2D eigenvalue weighted by Gasteiger charge is 2.18. The minimum atomic E-state index is 0.707. The maximum Gasteiger partial charge on any atom is 0.106 e. The molecule has 4 heterocycles. The van der Waals surface area contributed by atoms with E-state index in [2.05, 4.69) is 45.7 Å². The number of aromatic nitrogens is 8. The highest BCUT2D eigenvalue weighted by Crippen LogP contribution is 2.21. The van der Waals surface area contributed by atoms with Crippen LogP contribution in [0.5, 0.6) is 0 Å². The average molecular weight is 505 g/mol. The SMILES string of the molecule is CCCCCCCCCc1nc(Cc2nc(C)[nH]c2Cc2[nH]c(C)nc2Cc2nc(C)[nH]c2C)c(C)[nH]1. The Morgan fingerprint density at radius 1 is 0.486 bits per heavy atom. The zero-order chi connectivity index (χ0) is 26.4. The Morgan fingerprint density at radius 3 is 1.54 bits per heavy atom. The van der Waals surface area contributed by atoms with Gasteiger partial charge in [-0.1, -0.05) is 45.4 Å². The van der Waals surface area contributed by atoms with Crippen LogP contribution in [-0.4, -0.2) is 39.9 Å². The topological polar surface area (TPSA) is 115 Å². The van der Waals surface area contributed by atoms with Crippen LogP contribution in [0.15, 0.2) is 0 Å². The first-order valence-corrected chi connectivity index (χ1v) is 14.0. The molecule has 0 aliphatic rings. The molecular formula is C29H44N8. The summed E-state index contributed by atoms with van der Waals surface area (Å²) in [5, 5.41) is 0. The number of hydrogen-bond acceptors (Lipinski definition) is 4. The minimum absolute atomic E-state index is 0.707. The number of aryl methyl sites for hydroxylation is 6. The van der Waals surface area contributed by atoms with Crippen LogP contribution in [0.25, 0.3) is 0 Å². The second-order valence-electron chi connectivity index (χ2n) is 10.5. The second kappa shape index (κ2) is 12.4. The summed E-state index contributed by atoms with van der Waals surface area (Å²) in [5.74, 6) is 3.89. The molecule has 37 heavy (non-hydrogen) atoms. The number of nitrogens with one attached hydrogen (secondary N) is 4. The van der Waals surface area contributed by atoms with E-state index in [0.29, 0.717) is 6.42 Å². The number of unbranched alkanes of at least 4 members (excludes halogenated alkanes) is 6. The van der Waals surface area contributed by atoms with Crippen LogP contribution in [0, 0.1) is 34.6 Å². The molecule has 4 N–H and O–H groups in total. The van der Waals surface area contributed by atoms with Gasteiger partial charge in [0, 0.05) is 48.5 Å². The van der Waals surface area contributed by atoms with Gasteiger partial charge in [0.1, 0.15) is 23.3 Å². The lowest BCUT2D eigenvalue weighted by Crippen LogP contribution is -2.02. The number of aromatic amines is 4. The first-order chi connectivity index (χ1) is 17.8. The van der Waals surface area contributed by atoms with Gasteiger partial charge in [-0.3, -0.25) is 0 Å². The summed E-state index contributed by atoms with van der Waals surface area (Å²) >= 11 is 0. The molecule has 4 rings (SSSR count). The van der Waals surface area contributed by atoms with Crippen molar-refractivity contribution in [1.29, 1.82) is 0 Å². The number of rotatable bonds is 14. The molecule has 0 fully saturated rings. The van der Waals surface area contributed by atoms with Crippen LogP contribution in [-0.2, 0) is 25.7 Å². The van der Waals surface area contributed by atoms with Gasteiger partial charge >= 0.3 is 0 Å². The summed E-state index contributed by atoms with van der Waals surface area (Å²) in [6.07, 6.45) is 12.4. The number of nitrogens with zero attached hydrogens (tertiary/aromatic N) is 4. The van der Waals surface area contributed by atoms with Crippen LogP contribution in [0.2, 0.25) is 0 Å². The molecule has 0 aromatic carbocycles. The molecule has 0 radical (unpaired) electrons. The fourth-order valence-electron chi connectivity index (χ4n) is 5.19. The average Bonchev–Trinajstić information content (AvgIpc) is 3.56. The Balaban J connectivity index is 1.41. The first-order valence-electron chi connectivity index (χ1n) is 14.0. The van der Waals surface area contributed by atoms with Crippen LogP contribution >= 0.6 is 0 Å². The second-order valence-corrected chi connectivity index (χ2v) is 10.5. The van der Waals surface area contributed by atoms with Crippen molar-refractivity contribution in [3.05, 3.63) is 68.8 Å². The molecule has 0 aliphatic carbocycles. The van der Waals surface area contributed by atoms with E-state index < -0.39 is 0 Å². The fraction of sp³-hybridized carbons (Fsp3) is 0.586. The summed E-state index contributed by atoms with van der Waals surface area (Å²) in [7, 11) is 0. The molecule has 0 amide bonds. The quantitative estimate of drug-likeness (QED) is 0.153. The third-order valence-electron chi connectivity index (χ3n) is 7.14. The maximum absolute atomic E-state index is 4.96. The number of imidazole rings is 4. The summed E-state index contributed by atoms with van der Waals surface area (Å²) in [4.78, 5) is 33.0. The van der Waals surface area contributed by atoms with E-state index >= 15 is 0 Å². The highest BCUT2D eigenvalue weighted by atomic mass is 15.0. The maximum atomic E-state index is 4.96. The van der Waals surface area contributed by atoms with E-state index in [1.807, 2.05) is 20.8 Å². The van der Waals surface area contributed by atoms with Crippen LogP contribution in [0.4, 0.5) is 0 Å². The molecule has 0 saturated carbocycles. The lowest BCUT2D eigenvalue weighted by molar-refractivity contribution is 0.585. The Hall–Kier alpha value is -3.16. The van der Waals surface area contributed by atoms with Crippen LogP contribution in [0.3, 0.4) is 0 Å². The fourth-order valence-corrected chi connectivity index (χ4v) is 5.19. The number of H-pyrrole nitrogens is 4. The smallest absolute Gasteiger partial charge is 0.106 e. The van der Waals surface area contributed by atoms with Gasteiger partial charge < -0.3 is 19.9 Å². The van der Waals surface area contributed by atoms with Gasteiger partial charge in [-0.2, -0.15) is 0 Å². The van der Waals surface area contributed by atoms with E-state index in [0.717, 1.165) is 88.1 Å². The molecule has 0 unspecified atom stereocenters. The molecule has 0 spiro atoms. The predicted octanol–water partition coefficient (Wildman–Crippen LogP) is 6.19. The molecule has 4 aromatic rings. The van der Waals surface area contributed by atoms with E-state index in [1.54, 1.807) is 0 Å². The molecule has 8 heteroatoms. The van der Waals surface area contributed by atoms with E-state index in [1.165, 1.54) is 44.9 Å². The van der Waals surface area contributed by atoms with Crippen molar-refractivity contribution in [2.45, 2.75) is 112 Å². The van der Waals surface area contributed by atoms with Crippen LogP contribution in [0.1, 0.15) is 121 Å². The monoisotopic (exact) mass is 504 g/mol. The Morgan fingerprint density at radius 2 is 0.973 bits per heavy atom. The zero-order valence-corrected chi connectivity index (χ0v) is 23.6. The van der Waals surface area contributed by atoms with E-state index in [-0.39, 0.29) is 0 Å². The Bertz CT molecular complexity index is 1290. The third kappa shape index (κ3) is 7.21. The molecule has 0 saturated heterocycles. The summed E-state index contributed by atoms with van der Waals surface area (Å²) in [6, 6.07) is 0. The molecule has 0 atom stereocenters. The molecule has 8 nitrogen and oxygen atoms in total. The lowest BCUT2D eigenvalue weighted by atomic mass is 10.1. The van der Waals surface area contributed by atoms with Crippen molar-refractivity contribution in [3.63, 3.8) is 0 Å². The van der Waals surface area contributed by atoms with Gasteiger partial charge in [-0.25, -0.2) is 19.9 Å². The largest absolute Gasteiger partial charge is 0.346 e. The molecule has 0 aliphatic heterocycles.